The molecule has 2 fully saturated rings. The van der Waals surface area contributed by atoms with Gasteiger partial charge in [-0.25, -0.2) is 0 Å². The Morgan fingerprint density at radius 3 is 2.45 bits per heavy atom. The molecule has 6 heteroatoms. The van der Waals surface area contributed by atoms with Crippen LogP contribution in [0.3, 0.4) is 0 Å². The Bertz CT molecular complexity index is 914. The summed E-state index contributed by atoms with van der Waals surface area (Å²) in [5, 5.41) is 10.8. The van der Waals surface area contributed by atoms with E-state index in [0.717, 1.165) is 52.0 Å². The van der Waals surface area contributed by atoms with Gasteiger partial charge in [0.15, 0.2) is 0 Å². The molecule has 2 aromatic carbocycles. The maximum absolute atomic E-state index is 10.8. The Morgan fingerprint density at radius 1 is 0.968 bits per heavy atom. The minimum atomic E-state index is -0.207. The third-order valence-electron chi connectivity index (χ3n) is 7.22. The van der Waals surface area contributed by atoms with Gasteiger partial charge >= 0.3 is 0 Å². The topological polar surface area (TPSA) is 26.7 Å². The Kier molecular flexibility index (Phi) is 8.50. The minimum absolute atomic E-state index is 0. The molecule has 168 valence electrons. The average Bonchev–Trinajstić information content (AvgIpc) is 3.10. The molecule has 1 spiro atoms. The van der Waals surface area contributed by atoms with Gasteiger partial charge in [0.05, 0.1) is 6.10 Å². The van der Waals surface area contributed by atoms with Gasteiger partial charge in [0, 0.05) is 34.7 Å². The Balaban J connectivity index is 0.00000136. The normalized spacial score (nSPS) is 25.0. The van der Waals surface area contributed by atoms with Crippen LogP contribution in [0.1, 0.15) is 36.0 Å². The largest absolute Gasteiger partial charge is 0.391 e. The van der Waals surface area contributed by atoms with Crippen molar-refractivity contribution in [3.05, 3.63) is 74.9 Å². The number of aliphatic hydroxyl groups is 1. The van der Waals surface area contributed by atoms with Gasteiger partial charge in [-0.1, -0.05) is 54.6 Å². The summed E-state index contributed by atoms with van der Waals surface area (Å²) < 4.78 is 1.33. The van der Waals surface area contributed by atoms with E-state index in [0.29, 0.717) is 0 Å². The highest BCUT2D eigenvalue weighted by Crippen LogP contribution is 2.44. The van der Waals surface area contributed by atoms with Crippen LogP contribution in [0.15, 0.2) is 54.6 Å². The first-order chi connectivity index (χ1) is 14.1. The molecule has 2 heterocycles. The summed E-state index contributed by atoms with van der Waals surface area (Å²) in [6.07, 6.45) is 7.72. The molecule has 31 heavy (non-hydrogen) atoms. The molecule has 2 unspecified atom stereocenters. The fourth-order valence-corrected chi connectivity index (χ4v) is 6.04. The van der Waals surface area contributed by atoms with Crippen molar-refractivity contribution in [1.82, 2.24) is 9.80 Å². The van der Waals surface area contributed by atoms with E-state index in [1.807, 2.05) is 0 Å². The molecule has 3 aliphatic rings. The van der Waals surface area contributed by atoms with Crippen molar-refractivity contribution >= 4 is 53.5 Å². The maximum atomic E-state index is 10.8. The van der Waals surface area contributed by atoms with Gasteiger partial charge in [-0.2, -0.15) is 0 Å². The van der Waals surface area contributed by atoms with Crippen molar-refractivity contribution in [2.24, 2.45) is 0 Å². The number of rotatable bonds is 3. The van der Waals surface area contributed by atoms with Crippen LogP contribution < -0.4 is 0 Å². The van der Waals surface area contributed by atoms with Crippen LogP contribution in [-0.4, -0.2) is 53.2 Å². The lowest BCUT2D eigenvalue weighted by Crippen LogP contribution is -2.57. The van der Waals surface area contributed by atoms with E-state index in [-0.39, 0.29) is 42.4 Å². The van der Waals surface area contributed by atoms with Gasteiger partial charge in [-0.3, -0.25) is 9.80 Å². The van der Waals surface area contributed by atoms with Crippen molar-refractivity contribution < 1.29 is 5.11 Å². The molecule has 0 amide bonds. The molecule has 1 N–H and O–H groups in total. The highest BCUT2D eigenvalue weighted by atomic mass is 127. The Hall–Kier alpha value is -0.630. The molecule has 1 aliphatic carbocycles. The predicted octanol–water partition coefficient (Wildman–Crippen LogP) is 5.13. The van der Waals surface area contributed by atoms with E-state index in [1.54, 1.807) is 0 Å². The molecule has 2 atom stereocenters. The number of hydrogen-bond donors (Lipinski definition) is 1. The van der Waals surface area contributed by atoms with Crippen LogP contribution in [0.25, 0.3) is 6.08 Å². The monoisotopic (exact) mass is 572 g/mol. The zero-order chi connectivity index (χ0) is 19.8. The van der Waals surface area contributed by atoms with Crippen LogP contribution in [0, 0.1) is 3.57 Å². The standard InChI is InChI=1S/C25H29IN2O.2ClH/c26-22-8-4-2-6-20(22)17-27-14-10-24(29)23(18-27)28-15-12-25(13-16-28)11-9-19-5-1-3-7-21(19)25;;/h1-9,11,23-24,29H,10,12-18H2;2*1H. The van der Waals surface area contributed by atoms with Gasteiger partial charge in [-0.15, -0.1) is 24.8 Å². The number of piperidine rings is 2. The molecule has 5 rings (SSSR count). The summed E-state index contributed by atoms with van der Waals surface area (Å²) in [6.45, 7) is 5.06. The smallest absolute Gasteiger partial charge is 0.0720 e. The van der Waals surface area contributed by atoms with Crippen molar-refractivity contribution in [3.8, 4) is 0 Å². The Morgan fingerprint density at radius 2 is 1.68 bits per heavy atom. The van der Waals surface area contributed by atoms with Crippen LogP contribution in [0.4, 0.5) is 0 Å². The predicted molar refractivity (Wildman–Crippen MR) is 141 cm³/mol. The number of nitrogens with zero attached hydrogens (tertiary/aromatic N) is 2. The minimum Gasteiger partial charge on any atom is -0.391 e. The van der Waals surface area contributed by atoms with Crippen LogP contribution in [-0.2, 0) is 12.0 Å². The van der Waals surface area contributed by atoms with Crippen molar-refractivity contribution in [3.63, 3.8) is 0 Å². The molecule has 0 aromatic heterocycles. The SMILES string of the molecule is Cl.Cl.OC1CCN(Cc2ccccc2I)CC1N1CCC2(C=Cc3ccccc32)CC1. The van der Waals surface area contributed by atoms with Gasteiger partial charge < -0.3 is 5.11 Å². The molecular weight excluding hydrogens is 542 g/mol. The summed E-state index contributed by atoms with van der Waals surface area (Å²) >= 11 is 2.43. The van der Waals surface area contributed by atoms with Gasteiger partial charge in [0.2, 0.25) is 0 Å². The summed E-state index contributed by atoms with van der Waals surface area (Å²) in [4.78, 5) is 5.09. The van der Waals surface area contributed by atoms with Gasteiger partial charge in [0.1, 0.15) is 0 Å². The van der Waals surface area contributed by atoms with E-state index < -0.39 is 0 Å². The molecule has 2 saturated heterocycles. The van der Waals surface area contributed by atoms with Gasteiger partial charge in [0.25, 0.3) is 0 Å². The van der Waals surface area contributed by atoms with E-state index in [2.05, 4.69) is 93.1 Å². The third kappa shape index (κ3) is 4.99. The fraction of sp³-hybridized carbons (Fsp3) is 0.440. The van der Waals surface area contributed by atoms with Crippen LogP contribution in [0.2, 0.25) is 0 Å². The number of benzene rings is 2. The number of halogens is 3. The molecule has 0 radical (unpaired) electrons. The quantitative estimate of drug-likeness (QED) is 0.517. The molecule has 0 bridgehead atoms. The van der Waals surface area contributed by atoms with E-state index in [4.69, 9.17) is 0 Å². The lowest BCUT2D eigenvalue weighted by Gasteiger charge is -2.47. The second-order valence-corrected chi connectivity index (χ2v) is 10.0. The van der Waals surface area contributed by atoms with Crippen molar-refractivity contribution in [2.45, 2.75) is 43.4 Å². The maximum Gasteiger partial charge on any atom is 0.0720 e. The van der Waals surface area contributed by atoms with Crippen molar-refractivity contribution in [2.75, 3.05) is 26.2 Å². The first-order valence-electron chi connectivity index (χ1n) is 10.8. The summed E-state index contributed by atoms with van der Waals surface area (Å²) in [7, 11) is 0. The van der Waals surface area contributed by atoms with Crippen molar-refractivity contribution in [1.29, 1.82) is 0 Å². The number of hydrogen-bond acceptors (Lipinski definition) is 3. The van der Waals surface area contributed by atoms with E-state index in [9.17, 15) is 5.11 Å². The average molecular weight is 573 g/mol. The molecular formula is C25H31Cl2IN2O. The molecule has 0 saturated carbocycles. The van der Waals surface area contributed by atoms with Crippen LogP contribution in [0.5, 0.6) is 0 Å². The van der Waals surface area contributed by atoms with Gasteiger partial charge in [-0.05, 0) is 77.7 Å². The molecule has 3 nitrogen and oxygen atoms in total. The first kappa shape index (κ1) is 25.0. The number of aliphatic hydroxyl groups excluding tert-OH is 1. The third-order valence-corrected chi connectivity index (χ3v) is 8.27. The summed E-state index contributed by atoms with van der Waals surface area (Å²) in [6, 6.07) is 17.8. The van der Waals surface area contributed by atoms with E-state index in [1.165, 1.54) is 20.3 Å². The second kappa shape index (κ2) is 10.5. The molecule has 2 aromatic rings. The highest BCUT2D eigenvalue weighted by molar-refractivity contribution is 14.1. The van der Waals surface area contributed by atoms with E-state index >= 15 is 0 Å². The lowest BCUT2D eigenvalue weighted by atomic mass is 9.74. The number of fused-ring (bicyclic) bond motifs is 2. The zero-order valence-corrected chi connectivity index (χ0v) is 21.4. The molecule has 2 aliphatic heterocycles. The first-order valence-corrected chi connectivity index (χ1v) is 11.9. The number of likely N-dealkylation sites (tertiary alicyclic amines) is 2. The Labute approximate surface area is 211 Å². The summed E-state index contributed by atoms with van der Waals surface area (Å²) in [5.41, 5.74) is 4.51. The second-order valence-electron chi connectivity index (χ2n) is 8.86. The summed E-state index contributed by atoms with van der Waals surface area (Å²) in [5.74, 6) is 0. The lowest BCUT2D eigenvalue weighted by molar-refractivity contribution is -0.0257. The zero-order valence-electron chi connectivity index (χ0n) is 17.6. The van der Waals surface area contributed by atoms with Crippen LogP contribution >= 0.6 is 47.4 Å². The highest BCUT2D eigenvalue weighted by Gasteiger charge is 2.41. The fourth-order valence-electron chi connectivity index (χ4n) is 5.48. The number of allylic oxidation sites excluding steroid dienone is 1.